The number of halogens is 2. The minimum atomic E-state index is 0. The molecule has 2 rings (SSSR count). The highest BCUT2D eigenvalue weighted by Gasteiger charge is 2.28. The van der Waals surface area contributed by atoms with Gasteiger partial charge in [-0.25, -0.2) is 0 Å². The Hall–Kier alpha value is -0.770. The van der Waals surface area contributed by atoms with E-state index >= 15 is 0 Å². The van der Waals surface area contributed by atoms with Gasteiger partial charge in [0.05, 0.1) is 0 Å². The van der Waals surface area contributed by atoms with Crippen LogP contribution >= 0.6 is 24.0 Å². The van der Waals surface area contributed by atoms with Crippen LogP contribution in [0.4, 0.5) is 5.69 Å². The van der Waals surface area contributed by atoms with E-state index in [-0.39, 0.29) is 24.2 Å². The van der Waals surface area contributed by atoms with Crippen LogP contribution in [0.5, 0.6) is 0 Å². The Bertz CT molecular complexity index is 433. The van der Waals surface area contributed by atoms with Crippen molar-refractivity contribution in [2.75, 3.05) is 18.4 Å². The molecule has 1 amide bonds. The molecule has 1 aliphatic heterocycles. The van der Waals surface area contributed by atoms with E-state index in [2.05, 4.69) is 10.6 Å². The molecule has 1 atom stereocenters. The summed E-state index contributed by atoms with van der Waals surface area (Å²) >= 11 is 5.92. The van der Waals surface area contributed by atoms with Crippen LogP contribution in [0.1, 0.15) is 12.5 Å². The van der Waals surface area contributed by atoms with Gasteiger partial charge in [0, 0.05) is 16.6 Å². The van der Waals surface area contributed by atoms with E-state index in [0.29, 0.717) is 10.9 Å². The maximum atomic E-state index is 12.0. The van der Waals surface area contributed by atoms with Gasteiger partial charge >= 0.3 is 0 Å². The highest BCUT2D eigenvalue weighted by Crippen LogP contribution is 2.23. The SMILES string of the molecule is Cc1ccc(Cl)cc1NC(=O)C(C)C1CNC1.Cl. The summed E-state index contributed by atoms with van der Waals surface area (Å²) in [6, 6.07) is 5.53. The predicted molar refractivity (Wildman–Crippen MR) is 77.6 cm³/mol. The van der Waals surface area contributed by atoms with Crippen LogP contribution in [-0.2, 0) is 4.79 Å². The van der Waals surface area contributed by atoms with Crippen molar-refractivity contribution in [1.29, 1.82) is 0 Å². The van der Waals surface area contributed by atoms with Gasteiger partial charge in [0.15, 0.2) is 0 Å². The summed E-state index contributed by atoms with van der Waals surface area (Å²) in [5.41, 5.74) is 1.84. The van der Waals surface area contributed by atoms with Gasteiger partial charge < -0.3 is 10.6 Å². The number of anilines is 1. The lowest BCUT2D eigenvalue weighted by atomic mass is 9.88. The molecule has 0 saturated carbocycles. The third kappa shape index (κ3) is 3.37. The van der Waals surface area contributed by atoms with E-state index in [1.165, 1.54) is 0 Å². The maximum Gasteiger partial charge on any atom is 0.227 e. The number of hydrogen-bond acceptors (Lipinski definition) is 2. The summed E-state index contributed by atoms with van der Waals surface area (Å²) in [6.07, 6.45) is 0. The summed E-state index contributed by atoms with van der Waals surface area (Å²) in [6.45, 7) is 5.80. The monoisotopic (exact) mass is 288 g/mol. The third-order valence-corrected chi connectivity index (χ3v) is 3.63. The highest BCUT2D eigenvalue weighted by atomic mass is 35.5. The first-order valence-corrected chi connectivity index (χ1v) is 6.23. The zero-order valence-corrected chi connectivity index (χ0v) is 12.1. The number of hydrogen-bond donors (Lipinski definition) is 2. The van der Waals surface area contributed by atoms with Gasteiger partial charge in [-0.1, -0.05) is 24.6 Å². The Balaban J connectivity index is 0.00000162. The van der Waals surface area contributed by atoms with E-state index in [1.54, 1.807) is 6.07 Å². The summed E-state index contributed by atoms with van der Waals surface area (Å²) in [4.78, 5) is 12.0. The van der Waals surface area contributed by atoms with Gasteiger partial charge in [-0.15, -0.1) is 12.4 Å². The van der Waals surface area contributed by atoms with Crippen molar-refractivity contribution in [2.24, 2.45) is 11.8 Å². The second-order valence-corrected chi connectivity index (χ2v) is 5.09. The largest absolute Gasteiger partial charge is 0.326 e. The van der Waals surface area contributed by atoms with Crippen molar-refractivity contribution in [3.05, 3.63) is 28.8 Å². The highest BCUT2D eigenvalue weighted by molar-refractivity contribution is 6.31. The van der Waals surface area contributed by atoms with Crippen LogP contribution in [0.3, 0.4) is 0 Å². The van der Waals surface area contributed by atoms with Gasteiger partial charge in [0.2, 0.25) is 5.91 Å². The van der Waals surface area contributed by atoms with E-state index in [1.807, 2.05) is 26.0 Å². The van der Waals surface area contributed by atoms with Gasteiger partial charge in [-0.2, -0.15) is 0 Å². The maximum absolute atomic E-state index is 12.0. The zero-order valence-electron chi connectivity index (χ0n) is 10.5. The van der Waals surface area contributed by atoms with Crippen molar-refractivity contribution in [3.63, 3.8) is 0 Å². The Morgan fingerprint density at radius 1 is 1.50 bits per heavy atom. The first-order valence-electron chi connectivity index (χ1n) is 5.85. The summed E-state index contributed by atoms with van der Waals surface area (Å²) in [5, 5.41) is 6.77. The lowest BCUT2D eigenvalue weighted by Gasteiger charge is -2.31. The standard InChI is InChI=1S/C13H17ClN2O.ClH/c1-8-3-4-11(14)5-12(8)16-13(17)9(2)10-6-15-7-10;/h3-5,9-10,15H,6-7H2,1-2H3,(H,16,17);1H. The molecule has 1 heterocycles. The van der Waals surface area contributed by atoms with Gasteiger partial charge in [0.25, 0.3) is 0 Å². The molecule has 100 valence electrons. The molecule has 5 heteroatoms. The predicted octanol–water partition coefficient (Wildman–Crippen LogP) is 2.86. The fraction of sp³-hybridized carbons (Fsp3) is 0.462. The molecule has 0 radical (unpaired) electrons. The Labute approximate surface area is 119 Å². The number of carbonyl (C=O) groups excluding carboxylic acids is 1. The molecule has 1 aromatic carbocycles. The molecule has 1 aromatic rings. The van der Waals surface area contributed by atoms with Crippen LogP contribution < -0.4 is 10.6 Å². The number of aryl methyl sites for hydroxylation is 1. The molecule has 0 aromatic heterocycles. The topological polar surface area (TPSA) is 41.1 Å². The summed E-state index contributed by atoms with van der Waals surface area (Å²) in [7, 11) is 0. The van der Waals surface area contributed by atoms with Gasteiger partial charge in [-0.3, -0.25) is 4.79 Å². The molecule has 1 unspecified atom stereocenters. The molecule has 1 fully saturated rings. The third-order valence-electron chi connectivity index (χ3n) is 3.39. The average molecular weight is 289 g/mol. The van der Waals surface area contributed by atoms with Crippen molar-refractivity contribution < 1.29 is 4.79 Å². The number of carbonyl (C=O) groups is 1. The van der Waals surface area contributed by atoms with Crippen molar-refractivity contribution >= 4 is 35.6 Å². The molecule has 2 N–H and O–H groups in total. The van der Waals surface area contributed by atoms with Crippen molar-refractivity contribution in [3.8, 4) is 0 Å². The summed E-state index contributed by atoms with van der Waals surface area (Å²) < 4.78 is 0. The first kappa shape index (κ1) is 15.3. The van der Waals surface area contributed by atoms with Crippen molar-refractivity contribution in [1.82, 2.24) is 5.32 Å². The molecule has 1 aliphatic rings. The van der Waals surface area contributed by atoms with Crippen molar-refractivity contribution in [2.45, 2.75) is 13.8 Å². The normalized spacial score (nSPS) is 16.4. The Morgan fingerprint density at radius 3 is 2.72 bits per heavy atom. The van der Waals surface area contributed by atoms with E-state index < -0.39 is 0 Å². The fourth-order valence-corrected chi connectivity index (χ4v) is 2.03. The second-order valence-electron chi connectivity index (χ2n) is 4.66. The van der Waals surface area contributed by atoms with E-state index in [9.17, 15) is 4.79 Å². The molecule has 3 nitrogen and oxygen atoms in total. The lowest BCUT2D eigenvalue weighted by Crippen LogP contribution is -2.48. The smallest absolute Gasteiger partial charge is 0.227 e. The number of amides is 1. The Morgan fingerprint density at radius 2 is 2.17 bits per heavy atom. The number of rotatable bonds is 3. The first-order chi connectivity index (χ1) is 8.08. The number of nitrogens with one attached hydrogen (secondary N) is 2. The zero-order chi connectivity index (χ0) is 12.4. The summed E-state index contributed by atoms with van der Waals surface area (Å²) in [5.74, 6) is 0.561. The van der Waals surface area contributed by atoms with Crippen LogP contribution in [-0.4, -0.2) is 19.0 Å². The average Bonchev–Trinajstić information content (AvgIpc) is 2.21. The minimum absolute atomic E-state index is 0. The molecule has 0 bridgehead atoms. The molecular weight excluding hydrogens is 271 g/mol. The van der Waals surface area contributed by atoms with Crippen LogP contribution in [0.15, 0.2) is 18.2 Å². The molecule has 0 spiro atoms. The van der Waals surface area contributed by atoms with Gasteiger partial charge in [0.1, 0.15) is 0 Å². The van der Waals surface area contributed by atoms with E-state index in [0.717, 1.165) is 24.3 Å². The number of benzene rings is 1. The fourth-order valence-electron chi connectivity index (χ4n) is 1.85. The van der Waals surface area contributed by atoms with Crippen LogP contribution in [0, 0.1) is 18.8 Å². The van der Waals surface area contributed by atoms with E-state index in [4.69, 9.17) is 11.6 Å². The minimum Gasteiger partial charge on any atom is -0.326 e. The molecule has 18 heavy (non-hydrogen) atoms. The second kappa shape index (κ2) is 6.41. The van der Waals surface area contributed by atoms with Gasteiger partial charge in [-0.05, 0) is 43.6 Å². The molecule has 0 aliphatic carbocycles. The molecular formula is C13H18Cl2N2O. The Kier molecular flexibility index (Phi) is 5.45. The van der Waals surface area contributed by atoms with Crippen LogP contribution in [0.2, 0.25) is 5.02 Å². The van der Waals surface area contributed by atoms with Crippen LogP contribution in [0.25, 0.3) is 0 Å². The lowest BCUT2D eigenvalue weighted by molar-refractivity contribution is -0.121. The quantitative estimate of drug-likeness (QED) is 0.898. The molecule has 1 saturated heterocycles.